The molecule has 0 amide bonds. The molecule has 1 unspecified atom stereocenters. The Bertz CT molecular complexity index is 824. The zero-order chi connectivity index (χ0) is 20.5. The third-order valence-electron chi connectivity index (χ3n) is 4.57. The standard InChI is InChI=1S/C24H28O4/c1-6-18(16-22(7-2)26-4)17(3)28-24(25)21-10-8-19(9-11-21)20-12-14-23(27-5)15-13-20/h6,8-17H,7H2,1-5H3/b18-6+,22-16+. The monoisotopic (exact) mass is 380 g/mol. The SMILES string of the molecule is C/C=C(\C=C(/CC)OC)C(C)OC(=O)c1ccc(-c2ccc(OC)cc2)cc1. The van der Waals surface area contributed by atoms with Crippen LogP contribution in [0.25, 0.3) is 11.1 Å². The van der Waals surface area contributed by atoms with Crippen molar-refractivity contribution in [3.8, 4) is 16.9 Å². The lowest BCUT2D eigenvalue weighted by atomic mass is 10.0. The molecule has 0 heterocycles. The summed E-state index contributed by atoms with van der Waals surface area (Å²) in [4.78, 5) is 12.5. The van der Waals surface area contributed by atoms with Crippen LogP contribution in [-0.4, -0.2) is 26.3 Å². The molecule has 0 radical (unpaired) electrons. The van der Waals surface area contributed by atoms with E-state index in [0.717, 1.165) is 34.6 Å². The summed E-state index contributed by atoms with van der Waals surface area (Å²) < 4.78 is 16.1. The fraction of sp³-hybridized carbons (Fsp3) is 0.292. The molecule has 0 aliphatic heterocycles. The van der Waals surface area contributed by atoms with Crippen molar-refractivity contribution in [3.05, 3.63) is 77.6 Å². The van der Waals surface area contributed by atoms with Gasteiger partial charge in [-0.1, -0.05) is 37.3 Å². The normalized spacial score (nSPS) is 13.0. The van der Waals surface area contributed by atoms with Crippen LogP contribution < -0.4 is 4.74 Å². The number of allylic oxidation sites excluding steroid dienone is 2. The predicted octanol–water partition coefficient (Wildman–Crippen LogP) is 5.79. The predicted molar refractivity (Wildman–Crippen MR) is 112 cm³/mol. The second kappa shape index (κ2) is 10.4. The summed E-state index contributed by atoms with van der Waals surface area (Å²) in [5, 5.41) is 0. The van der Waals surface area contributed by atoms with Crippen molar-refractivity contribution in [1.29, 1.82) is 0 Å². The average molecular weight is 380 g/mol. The van der Waals surface area contributed by atoms with Gasteiger partial charge in [0.05, 0.1) is 25.5 Å². The highest BCUT2D eigenvalue weighted by atomic mass is 16.5. The third-order valence-corrected chi connectivity index (χ3v) is 4.57. The van der Waals surface area contributed by atoms with Crippen LogP contribution in [0, 0.1) is 0 Å². The van der Waals surface area contributed by atoms with Crippen LogP contribution >= 0.6 is 0 Å². The highest BCUT2D eigenvalue weighted by molar-refractivity contribution is 5.90. The lowest BCUT2D eigenvalue weighted by Crippen LogP contribution is -2.17. The van der Waals surface area contributed by atoms with Crippen molar-refractivity contribution in [2.75, 3.05) is 14.2 Å². The molecular formula is C24H28O4. The number of carbonyl (C=O) groups excluding carboxylic acids is 1. The fourth-order valence-corrected chi connectivity index (χ4v) is 2.81. The number of methoxy groups -OCH3 is 2. The summed E-state index contributed by atoms with van der Waals surface area (Å²) >= 11 is 0. The van der Waals surface area contributed by atoms with Crippen molar-refractivity contribution < 1.29 is 19.0 Å². The van der Waals surface area contributed by atoms with Crippen LogP contribution in [0.15, 0.2) is 72.0 Å². The number of carbonyl (C=O) groups is 1. The molecule has 0 aliphatic carbocycles. The van der Waals surface area contributed by atoms with Gasteiger partial charge in [0.2, 0.25) is 0 Å². The first-order valence-corrected chi connectivity index (χ1v) is 9.38. The number of hydrogen-bond donors (Lipinski definition) is 0. The van der Waals surface area contributed by atoms with E-state index >= 15 is 0 Å². The van der Waals surface area contributed by atoms with Crippen LogP contribution in [-0.2, 0) is 9.47 Å². The Morgan fingerprint density at radius 2 is 1.57 bits per heavy atom. The van der Waals surface area contributed by atoms with Gasteiger partial charge >= 0.3 is 5.97 Å². The molecule has 0 saturated heterocycles. The summed E-state index contributed by atoms with van der Waals surface area (Å²) in [6.45, 7) is 5.80. The number of hydrogen-bond acceptors (Lipinski definition) is 4. The Morgan fingerprint density at radius 3 is 2.04 bits per heavy atom. The van der Waals surface area contributed by atoms with E-state index in [9.17, 15) is 4.79 Å². The van der Waals surface area contributed by atoms with Crippen LogP contribution in [0.5, 0.6) is 5.75 Å². The Balaban J connectivity index is 2.08. The zero-order valence-electron chi connectivity index (χ0n) is 17.2. The van der Waals surface area contributed by atoms with Gasteiger partial charge in [-0.05, 0) is 60.9 Å². The fourth-order valence-electron chi connectivity index (χ4n) is 2.81. The van der Waals surface area contributed by atoms with Crippen LogP contribution in [0.2, 0.25) is 0 Å². The quantitative estimate of drug-likeness (QED) is 0.330. The minimum atomic E-state index is -0.365. The molecular weight excluding hydrogens is 352 g/mol. The van der Waals surface area contributed by atoms with Crippen molar-refractivity contribution in [3.63, 3.8) is 0 Å². The molecule has 0 spiro atoms. The van der Waals surface area contributed by atoms with E-state index in [4.69, 9.17) is 14.2 Å². The molecule has 0 aromatic heterocycles. The summed E-state index contributed by atoms with van der Waals surface area (Å²) in [5.41, 5.74) is 3.51. The third kappa shape index (κ3) is 5.49. The van der Waals surface area contributed by atoms with Gasteiger partial charge in [-0.15, -0.1) is 0 Å². The molecule has 4 heteroatoms. The van der Waals surface area contributed by atoms with Gasteiger partial charge in [0.25, 0.3) is 0 Å². The molecule has 148 valence electrons. The molecule has 2 rings (SSSR count). The van der Waals surface area contributed by atoms with Crippen molar-refractivity contribution in [2.24, 2.45) is 0 Å². The average Bonchev–Trinajstić information content (AvgIpc) is 2.74. The topological polar surface area (TPSA) is 44.8 Å². The Kier molecular flexibility index (Phi) is 7.88. The minimum Gasteiger partial charge on any atom is -0.501 e. The van der Waals surface area contributed by atoms with Crippen LogP contribution in [0.1, 0.15) is 37.6 Å². The lowest BCUT2D eigenvalue weighted by Gasteiger charge is -2.16. The Hall–Kier alpha value is -3.01. The van der Waals surface area contributed by atoms with Gasteiger partial charge in [0.1, 0.15) is 11.9 Å². The molecule has 0 fully saturated rings. The Labute approximate surface area is 167 Å². The lowest BCUT2D eigenvalue weighted by molar-refractivity contribution is 0.0410. The molecule has 0 bridgehead atoms. The number of esters is 1. The van der Waals surface area contributed by atoms with Crippen LogP contribution in [0.4, 0.5) is 0 Å². The Morgan fingerprint density at radius 1 is 1.00 bits per heavy atom. The zero-order valence-corrected chi connectivity index (χ0v) is 17.2. The molecule has 1 atom stereocenters. The van der Waals surface area contributed by atoms with Gasteiger partial charge in [-0.2, -0.15) is 0 Å². The van der Waals surface area contributed by atoms with E-state index in [2.05, 4.69) is 0 Å². The first-order chi connectivity index (χ1) is 13.5. The maximum absolute atomic E-state index is 12.5. The van der Waals surface area contributed by atoms with Gasteiger partial charge in [0.15, 0.2) is 0 Å². The molecule has 0 aliphatic rings. The second-order valence-electron chi connectivity index (χ2n) is 6.31. The summed E-state index contributed by atoms with van der Waals surface area (Å²) in [6.07, 6.45) is 4.27. The van der Waals surface area contributed by atoms with E-state index in [1.54, 1.807) is 26.4 Å². The molecule has 0 N–H and O–H groups in total. The van der Waals surface area contributed by atoms with E-state index in [-0.39, 0.29) is 12.1 Å². The van der Waals surface area contributed by atoms with E-state index in [1.165, 1.54) is 0 Å². The van der Waals surface area contributed by atoms with Gasteiger partial charge in [-0.3, -0.25) is 0 Å². The molecule has 2 aromatic rings. The highest BCUT2D eigenvalue weighted by Crippen LogP contribution is 2.23. The maximum Gasteiger partial charge on any atom is 0.338 e. The molecule has 0 saturated carbocycles. The number of rotatable bonds is 8. The van der Waals surface area contributed by atoms with Crippen molar-refractivity contribution >= 4 is 5.97 Å². The minimum absolute atomic E-state index is 0.350. The van der Waals surface area contributed by atoms with E-state index in [1.807, 2.05) is 69.3 Å². The summed E-state index contributed by atoms with van der Waals surface area (Å²) in [6, 6.07) is 15.2. The van der Waals surface area contributed by atoms with Gasteiger partial charge in [-0.25, -0.2) is 4.79 Å². The second-order valence-corrected chi connectivity index (χ2v) is 6.31. The number of benzene rings is 2. The van der Waals surface area contributed by atoms with E-state index in [0.29, 0.717) is 5.56 Å². The van der Waals surface area contributed by atoms with Crippen molar-refractivity contribution in [1.82, 2.24) is 0 Å². The summed E-state index contributed by atoms with van der Waals surface area (Å²) in [5.74, 6) is 1.31. The largest absolute Gasteiger partial charge is 0.501 e. The molecule has 28 heavy (non-hydrogen) atoms. The molecule has 2 aromatic carbocycles. The number of ether oxygens (including phenoxy) is 3. The first kappa shape index (κ1) is 21.3. The van der Waals surface area contributed by atoms with Crippen LogP contribution in [0.3, 0.4) is 0 Å². The van der Waals surface area contributed by atoms with Gasteiger partial charge in [0, 0.05) is 6.42 Å². The maximum atomic E-state index is 12.5. The first-order valence-electron chi connectivity index (χ1n) is 9.38. The molecule has 4 nitrogen and oxygen atoms in total. The van der Waals surface area contributed by atoms with E-state index < -0.39 is 0 Å². The van der Waals surface area contributed by atoms with Gasteiger partial charge < -0.3 is 14.2 Å². The highest BCUT2D eigenvalue weighted by Gasteiger charge is 2.15. The smallest absolute Gasteiger partial charge is 0.338 e. The summed E-state index contributed by atoms with van der Waals surface area (Å²) in [7, 11) is 3.29. The van der Waals surface area contributed by atoms with Crippen molar-refractivity contribution in [2.45, 2.75) is 33.3 Å².